The Morgan fingerprint density at radius 2 is 2.18 bits per heavy atom. The largest absolute Gasteiger partial charge is 0.508 e. The van der Waals surface area contributed by atoms with Crippen LogP contribution in [0.25, 0.3) is 6.08 Å². The topological polar surface area (TPSA) is 55.8 Å². The van der Waals surface area contributed by atoms with Gasteiger partial charge < -0.3 is 14.6 Å². The molecule has 0 fully saturated rings. The molecule has 1 aromatic carbocycles. The molecule has 0 aliphatic carbocycles. The zero-order valence-electron chi connectivity index (χ0n) is 9.97. The number of rotatable bonds is 5. The summed E-state index contributed by atoms with van der Waals surface area (Å²) in [5, 5.41) is 9.23. The fraction of sp³-hybridized carbons (Fsp3) is 0.308. The fourth-order valence-corrected chi connectivity index (χ4v) is 1.28. The second kappa shape index (κ2) is 6.70. The molecule has 0 bridgehead atoms. The third kappa shape index (κ3) is 4.70. The first-order valence-corrected chi connectivity index (χ1v) is 5.27. The van der Waals surface area contributed by atoms with Crippen LogP contribution >= 0.6 is 0 Å². The molecule has 4 heteroatoms. The van der Waals surface area contributed by atoms with Crippen molar-refractivity contribution < 1.29 is 19.4 Å². The second-order valence-corrected chi connectivity index (χ2v) is 3.53. The van der Waals surface area contributed by atoms with Gasteiger partial charge in [0.15, 0.2) is 0 Å². The molecule has 0 aliphatic heterocycles. The molecular weight excluding hydrogens is 220 g/mol. The number of carbonyl (C=O) groups excluding carboxylic acids is 1. The van der Waals surface area contributed by atoms with Crippen LogP contribution in [0.3, 0.4) is 0 Å². The first-order chi connectivity index (χ1) is 8.13. The standard InChI is InChI=1S/C13H16O4/c1-10-9-12(14)5-3-11(10)4-6-13(15)17-8-7-16-2/h3-6,9,14H,7-8H2,1-2H3/b6-4+. The normalized spacial score (nSPS) is 10.7. The van der Waals surface area contributed by atoms with Gasteiger partial charge in [-0.2, -0.15) is 0 Å². The molecule has 0 saturated heterocycles. The van der Waals surface area contributed by atoms with Gasteiger partial charge in [-0.1, -0.05) is 6.07 Å². The quantitative estimate of drug-likeness (QED) is 0.482. The Bertz CT molecular complexity index is 410. The van der Waals surface area contributed by atoms with Gasteiger partial charge in [0, 0.05) is 13.2 Å². The van der Waals surface area contributed by atoms with E-state index in [0.29, 0.717) is 6.61 Å². The number of carbonyl (C=O) groups is 1. The number of hydrogen-bond acceptors (Lipinski definition) is 4. The van der Waals surface area contributed by atoms with E-state index in [1.807, 2.05) is 6.92 Å². The van der Waals surface area contributed by atoms with Crippen molar-refractivity contribution in [2.45, 2.75) is 6.92 Å². The minimum Gasteiger partial charge on any atom is -0.508 e. The summed E-state index contributed by atoms with van der Waals surface area (Å²) in [4.78, 5) is 11.3. The van der Waals surface area contributed by atoms with Crippen molar-refractivity contribution in [3.05, 3.63) is 35.4 Å². The summed E-state index contributed by atoms with van der Waals surface area (Å²) in [6.45, 7) is 2.49. The SMILES string of the molecule is COCCOC(=O)/C=C/c1ccc(O)cc1C. The van der Waals surface area contributed by atoms with E-state index in [2.05, 4.69) is 0 Å². The Morgan fingerprint density at radius 3 is 2.82 bits per heavy atom. The molecule has 0 atom stereocenters. The lowest BCUT2D eigenvalue weighted by molar-refractivity contribution is -0.138. The first-order valence-electron chi connectivity index (χ1n) is 5.27. The summed E-state index contributed by atoms with van der Waals surface area (Å²) in [5.41, 5.74) is 1.76. The number of phenolic OH excluding ortho intramolecular Hbond substituents is 1. The zero-order valence-corrected chi connectivity index (χ0v) is 9.97. The molecule has 92 valence electrons. The highest BCUT2D eigenvalue weighted by Gasteiger charge is 1.99. The minimum absolute atomic E-state index is 0.210. The molecule has 0 aromatic heterocycles. The van der Waals surface area contributed by atoms with Gasteiger partial charge in [-0.05, 0) is 36.3 Å². The number of phenols is 1. The lowest BCUT2D eigenvalue weighted by Crippen LogP contribution is -2.06. The van der Waals surface area contributed by atoms with Gasteiger partial charge in [-0.25, -0.2) is 4.79 Å². The van der Waals surface area contributed by atoms with E-state index in [-0.39, 0.29) is 12.4 Å². The van der Waals surface area contributed by atoms with Crippen LogP contribution in [-0.2, 0) is 14.3 Å². The predicted octanol–water partition coefficient (Wildman–Crippen LogP) is 1.90. The summed E-state index contributed by atoms with van der Waals surface area (Å²) in [6.07, 6.45) is 3.01. The number of benzene rings is 1. The van der Waals surface area contributed by atoms with Crippen molar-refractivity contribution >= 4 is 12.0 Å². The maximum absolute atomic E-state index is 11.3. The van der Waals surface area contributed by atoms with Crippen LogP contribution in [0.15, 0.2) is 24.3 Å². The predicted molar refractivity (Wildman–Crippen MR) is 64.7 cm³/mol. The van der Waals surface area contributed by atoms with E-state index in [4.69, 9.17) is 9.47 Å². The third-order valence-corrected chi connectivity index (χ3v) is 2.18. The highest BCUT2D eigenvalue weighted by Crippen LogP contribution is 2.16. The molecule has 0 unspecified atom stereocenters. The van der Waals surface area contributed by atoms with E-state index in [9.17, 15) is 9.90 Å². The van der Waals surface area contributed by atoms with Crippen molar-refractivity contribution in [3.63, 3.8) is 0 Å². The Balaban J connectivity index is 2.55. The van der Waals surface area contributed by atoms with Gasteiger partial charge >= 0.3 is 5.97 Å². The van der Waals surface area contributed by atoms with Gasteiger partial charge in [0.05, 0.1) is 6.61 Å². The van der Waals surface area contributed by atoms with E-state index in [1.165, 1.54) is 6.08 Å². The Labute approximate surface area is 100 Å². The lowest BCUT2D eigenvalue weighted by atomic mass is 10.1. The van der Waals surface area contributed by atoms with Gasteiger partial charge in [0.25, 0.3) is 0 Å². The molecule has 0 amide bonds. The Morgan fingerprint density at radius 1 is 1.41 bits per heavy atom. The van der Waals surface area contributed by atoms with Gasteiger partial charge in [0.2, 0.25) is 0 Å². The Hall–Kier alpha value is -1.81. The van der Waals surface area contributed by atoms with E-state index in [1.54, 1.807) is 31.4 Å². The molecule has 0 spiro atoms. The summed E-state index contributed by atoms with van der Waals surface area (Å²) in [6, 6.07) is 4.95. The molecule has 0 radical (unpaired) electrons. The first kappa shape index (κ1) is 13.3. The van der Waals surface area contributed by atoms with Crippen molar-refractivity contribution in [1.82, 2.24) is 0 Å². The molecule has 0 aliphatic rings. The highest BCUT2D eigenvalue weighted by molar-refractivity contribution is 5.87. The average Bonchev–Trinajstić information content (AvgIpc) is 2.28. The lowest BCUT2D eigenvalue weighted by Gasteiger charge is -2.02. The maximum atomic E-state index is 11.3. The monoisotopic (exact) mass is 236 g/mol. The Kier molecular flexibility index (Phi) is 5.23. The number of aryl methyl sites for hydroxylation is 1. The van der Waals surface area contributed by atoms with Crippen LogP contribution < -0.4 is 0 Å². The van der Waals surface area contributed by atoms with Gasteiger partial charge in [0.1, 0.15) is 12.4 Å². The molecule has 0 saturated carbocycles. The number of aromatic hydroxyl groups is 1. The number of ether oxygens (including phenoxy) is 2. The molecule has 4 nitrogen and oxygen atoms in total. The molecule has 0 heterocycles. The number of hydrogen-bond donors (Lipinski definition) is 1. The van der Waals surface area contributed by atoms with Gasteiger partial charge in [-0.3, -0.25) is 0 Å². The summed E-state index contributed by atoms with van der Waals surface area (Å²) in [7, 11) is 1.55. The summed E-state index contributed by atoms with van der Waals surface area (Å²) in [5.74, 6) is -0.197. The van der Waals surface area contributed by atoms with Crippen molar-refractivity contribution in [3.8, 4) is 5.75 Å². The van der Waals surface area contributed by atoms with Crippen molar-refractivity contribution in [2.75, 3.05) is 20.3 Å². The summed E-state index contributed by atoms with van der Waals surface area (Å²) >= 11 is 0. The minimum atomic E-state index is -0.408. The molecule has 1 N–H and O–H groups in total. The third-order valence-electron chi connectivity index (χ3n) is 2.18. The highest BCUT2D eigenvalue weighted by atomic mass is 16.6. The second-order valence-electron chi connectivity index (χ2n) is 3.53. The number of esters is 1. The van der Waals surface area contributed by atoms with Gasteiger partial charge in [-0.15, -0.1) is 0 Å². The van der Waals surface area contributed by atoms with Crippen LogP contribution in [0.2, 0.25) is 0 Å². The molecule has 17 heavy (non-hydrogen) atoms. The van der Waals surface area contributed by atoms with Crippen LogP contribution in [0, 0.1) is 6.92 Å². The number of methoxy groups -OCH3 is 1. The summed E-state index contributed by atoms with van der Waals surface area (Å²) < 4.78 is 9.63. The fourth-order valence-electron chi connectivity index (χ4n) is 1.28. The van der Waals surface area contributed by atoms with E-state index in [0.717, 1.165) is 11.1 Å². The maximum Gasteiger partial charge on any atom is 0.330 e. The van der Waals surface area contributed by atoms with Crippen molar-refractivity contribution in [2.24, 2.45) is 0 Å². The van der Waals surface area contributed by atoms with Crippen molar-refractivity contribution in [1.29, 1.82) is 0 Å². The van der Waals surface area contributed by atoms with Crippen LogP contribution in [0.1, 0.15) is 11.1 Å². The smallest absolute Gasteiger partial charge is 0.330 e. The molecule has 1 rings (SSSR count). The molecule has 1 aromatic rings. The van der Waals surface area contributed by atoms with Crippen LogP contribution in [0.5, 0.6) is 5.75 Å². The zero-order chi connectivity index (χ0) is 12.7. The van der Waals surface area contributed by atoms with E-state index < -0.39 is 5.97 Å². The van der Waals surface area contributed by atoms with Crippen LogP contribution in [-0.4, -0.2) is 31.4 Å². The average molecular weight is 236 g/mol. The van der Waals surface area contributed by atoms with E-state index >= 15 is 0 Å². The van der Waals surface area contributed by atoms with Crippen LogP contribution in [0.4, 0.5) is 0 Å². The molecular formula is C13H16O4.